The third-order valence-corrected chi connectivity index (χ3v) is 6.79. The Morgan fingerprint density at radius 3 is 2.43 bits per heavy atom. The quantitative estimate of drug-likeness (QED) is 0.470. The molecule has 30 heavy (non-hydrogen) atoms. The lowest BCUT2D eigenvalue weighted by Gasteiger charge is -2.16. The lowest BCUT2D eigenvalue weighted by atomic mass is 10.1. The maximum absolute atomic E-state index is 12.7. The fraction of sp³-hybridized carbons (Fsp3) is 0.364. The monoisotopic (exact) mass is 431 g/mol. The Morgan fingerprint density at radius 1 is 1.03 bits per heavy atom. The molecular weight excluding hydrogens is 406 g/mol. The molecule has 0 saturated carbocycles. The number of ketones is 1. The molecule has 0 radical (unpaired) electrons. The van der Waals surface area contributed by atoms with Gasteiger partial charge in [0.25, 0.3) is 0 Å². The first-order chi connectivity index (χ1) is 14.3. The molecule has 7 nitrogen and oxygen atoms in total. The van der Waals surface area contributed by atoms with E-state index in [2.05, 4.69) is 0 Å². The van der Waals surface area contributed by atoms with E-state index >= 15 is 0 Å². The standard InChI is InChI=1S/C22H25NO6S/c1-3-28-21-10-9-17(16(2)24)13-19(21)15-29-22(25)18-7-6-8-20(14-18)30(26,27)23-11-4-5-12-23/h6-10,13-14H,3-5,11-12,15H2,1-2H3. The first kappa shape index (κ1) is 22.0. The Balaban J connectivity index is 1.77. The molecule has 160 valence electrons. The van der Waals surface area contributed by atoms with Gasteiger partial charge in [0, 0.05) is 24.2 Å². The van der Waals surface area contributed by atoms with Crippen LogP contribution in [-0.4, -0.2) is 44.2 Å². The summed E-state index contributed by atoms with van der Waals surface area (Å²) in [4.78, 5) is 24.3. The van der Waals surface area contributed by atoms with Crippen LogP contribution in [0.15, 0.2) is 47.4 Å². The van der Waals surface area contributed by atoms with Gasteiger partial charge in [-0.1, -0.05) is 6.07 Å². The van der Waals surface area contributed by atoms with Crippen LogP contribution < -0.4 is 4.74 Å². The predicted molar refractivity (Wildman–Crippen MR) is 111 cm³/mol. The maximum Gasteiger partial charge on any atom is 0.338 e. The van der Waals surface area contributed by atoms with Crippen LogP contribution in [0.5, 0.6) is 5.75 Å². The molecule has 1 fully saturated rings. The van der Waals surface area contributed by atoms with Crippen LogP contribution >= 0.6 is 0 Å². The molecule has 0 N–H and O–H groups in total. The summed E-state index contributed by atoms with van der Waals surface area (Å²) in [6, 6.07) is 10.8. The van der Waals surface area contributed by atoms with Crippen LogP contribution in [0.1, 0.15) is 53.0 Å². The van der Waals surface area contributed by atoms with Gasteiger partial charge in [0.1, 0.15) is 12.4 Å². The fourth-order valence-electron chi connectivity index (χ4n) is 3.30. The lowest BCUT2D eigenvalue weighted by Crippen LogP contribution is -2.28. The van der Waals surface area contributed by atoms with Crippen LogP contribution in [0.2, 0.25) is 0 Å². The zero-order chi connectivity index (χ0) is 21.7. The topological polar surface area (TPSA) is 90.0 Å². The smallest absolute Gasteiger partial charge is 0.338 e. The van der Waals surface area contributed by atoms with Gasteiger partial charge >= 0.3 is 5.97 Å². The van der Waals surface area contributed by atoms with E-state index in [1.54, 1.807) is 18.2 Å². The highest BCUT2D eigenvalue weighted by atomic mass is 32.2. The van der Waals surface area contributed by atoms with E-state index in [0.29, 0.717) is 36.6 Å². The Kier molecular flexibility index (Phi) is 6.89. The van der Waals surface area contributed by atoms with Crippen molar-refractivity contribution in [1.82, 2.24) is 4.31 Å². The fourth-order valence-corrected chi connectivity index (χ4v) is 4.86. The molecule has 0 amide bonds. The minimum atomic E-state index is -3.62. The Hall–Kier alpha value is -2.71. The average Bonchev–Trinajstić information content (AvgIpc) is 3.29. The van der Waals surface area contributed by atoms with Gasteiger partial charge in [-0.15, -0.1) is 0 Å². The van der Waals surface area contributed by atoms with Crippen LogP contribution in [0, 0.1) is 0 Å². The minimum absolute atomic E-state index is 0.0763. The number of ether oxygens (including phenoxy) is 2. The van der Waals surface area contributed by atoms with Gasteiger partial charge in [0.15, 0.2) is 5.78 Å². The summed E-state index contributed by atoms with van der Waals surface area (Å²) in [5.74, 6) is -0.227. The van der Waals surface area contributed by atoms with Crippen LogP contribution in [0.3, 0.4) is 0 Å². The molecule has 1 heterocycles. The third kappa shape index (κ3) is 4.88. The van der Waals surface area contributed by atoms with Crippen molar-refractivity contribution in [2.45, 2.75) is 38.2 Å². The van der Waals surface area contributed by atoms with Gasteiger partial charge in [-0.05, 0) is 63.1 Å². The van der Waals surface area contributed by atoms with Crippen molar-refractivity contribution in [2.24, 2.45) is 0 Å². The zero-order valence-electron chi connectivity index (χ0n) is 17.1. The van der Waals surface area contributed by atoms with Crippen molar-refractivity contribution < 1.29 is 27.5 Å². The predicted octanol–water partition coefficient (Wildman–Crippen LogP) is 3.43. The number of carbonyl (C=O) groups excluding carboxylic acids is 2. The Bertz CT molecular complexity index is 1040. The van der Waals surface area contributed by atoms with E-state index in [1.807, 2.05) is 6.92 Å². The lowest BCUT2D eigenvalue weighted by molar-refractivity contribution is 0.0469. The molecule has 8 heteroatoms. The summed E-state index contributed by atoms with van der Waals surface area (Å²) >= 11 is 0. The van der Waals surface area contributed by atoms with E-state index in [1.165, 1.54) is 35.5 Å². The summed E-state index contributed by atoms with van der Waals surface area (Å²) < 4.78 is 37.8. The average molecular weight is 432 g/mol. The van der Waals surface area contributed by atoms with E-state index in [0.717, 1.165) is 12.8 Å². The molecule has 1 aliphatic heterocycles. The summed E-state index contributed by atoms with van der Waals surface area (Å²) in [5.41, 5.74) is 1.21. The number of rotatable bonds is 8. The molecule has 0 aliphatic carbocycles. The number of sulfonamides is 1. The zero-order valence-corrected chi connectivity index (χ0v) is 17.9. The van der Waals surface area contributed by atoms with Gasteiger partial charge < -0.3 is 9.47 Å². The molecule has 1 aliphatic rings. The van der Waals surface area contributed by atoms with Crippen molar-refractivity contribution in [3.63, 3.8) is 0 Å². The van der Waals surface area contributed by atoms with Crippen molar-refractivity contribution in [1.29, 1.82) is 0 Å². The van der Waals surface area contributed by atoms with E-state index in [4.69, 9.17) is 9.47 Å². The van der Waals surface area contributed by atoms with Gasteiger partial charge in [-0.25, -0.2) is 13.2 Å². The van der Waals surface area contributed by atoms with Crippen molar-refractivity contribution in [3.8, 4) is 5.75 Å². The molecule has 0 spiro atoms. The van der Waals surface area contributed by atoms with Crippen LogP contribution in [-0.2, 0) is 21.4 Å². The molecule has 3 rings (SSSR count). The molecule has 0 aromatic heterocycles. The molecule has 2 aromatic carbocycles. The number of hydrogen-bond acceptors (Lipinski definition) is 6. The number of esters is 1. The largest absolute Gasteiger partial charge is 0.493 e. The normalized spacial score (nSPS) is 14.5. The van der Waals surface area contributed by atoms with Gasteiger partial charge in [0.2, 0.25) is 10.0 Å². The van der Waals surface area contributed by atoms with E-state index in [9.17, 15) is 18.0 Å². The second-order valence-corrected chi connectivity index (χ2v) is 8.96. The summed E-state index contributed by atoms with van der Waals surface area (Å²) in [5, 5.41) is 0. The van der Waals surface area contributed by atoms with Crippen molar-refractivity contribution in [2.75, 3.05) is 19.7 Å². The molecular formula is C22H25NO6S. The summed E-state index contributed by atoms with van der Waals surface area (Å²) in [6.07, 6.45) is 1.67. The van der Waals surface area contributed by atoms with E-state index < -0.39 is 16.0 Å². The summed E-state index contributed by atoms with van der Waals surface area (Å²) in [6.45, 7) is 4.60. The highest BCUT2D eigenvalue weighted by molar-refractivity contribution is 7.89. The third-order valence-electron chi connectivity index (χ3n) is 4.90. The van der Waals surface area contributed by atoms with Crippen LogP contribution in [0.4, 0.5) is 0 Å². The molecule has 2 aromatic rings. The van der Waals surface area contributed by atoms with Gasteiger partial charge in [-0.3, -0.25) is 4.79 Å². The van der Waals surface area contributed by atoms with Gasteiger partial charge in [0.05, 0.1) is 17.1 Å². The molecule has 1 saturated heterocycles. The summed E-state index contributed by atoms with van der Waals surface area (Å²) in [7, 11) is -3.62. The Labute approximate surface area is 176 Å². The Morgan fingerprint density at radius 2 is 1.77 bits per heavy atom. The molecule has 0 bridgehead atoms. The maximum atomic E-state index is 12.7. The molecule has 0 atom stereocenters. The number of Topliss-reactive ketones (excluding diaryl/α,β-unsaturated/α-hetero) is 1. The number of hydrogen-bond donors (Lipinski definition) is 0. The van der Waals surface area contributed by atoms with Crippen molar-refractivity contribution >= 4 is 21.8 Å². The van der Waals surface area contributed by atoms with Crippen LogP contribution in [0.25, 0.3) is 0 Å². The SMILES string of the molecule is CCOc1ccc(C(C)=O)cc1COC(=O)c1cccc(S(=O)(=O)N2CCCC2)c1. The number of nitrogens with zero attached hydrogens (tertiary/aromatic N) is 1. The molecule has 0 unspecified atom stereocenters. The highest BCUT2D eigenvalue weighted by Crippen LogP contribution is 2.24. The first-order valence-electron chi connectivity index (χ1n) is 9.87. The van der Waals surface area contributed by atoms with Gasteiger partial charge in [-0.2, -0.15) is 4.31 Å². The number of benzene rings is 2. The van der Waals surface area contributed by atoms with E-state index in [-0.39, 0.29) is 22.8 Å². The first-order valence-corrected chi connectivity index (χ1v) is 11.3. The second-order valence-electron chi connectivity index (χ2n) is 7.03. The number of carbonyl (C=O) groups is 2. The van der Waals surface area contributed by atoms with Crippen molar-refractivity contribution in [3.05, 3.63) is 59.2 Å². The highest BCUT2D eigenvalue weighted by Gasteiger charge is 2.27. The minimum Gasteiger partial charge on any atom is -0.493 e. The second kappa shape index (κ2) is 9.40.